The molecule has 1 fully saturated rings. The number of amides is 1. The number of carbonyl (C=O) groups is 2. The van der Waals surface area contributed by atoms with E-state index in [1.165, 1.54) is 35.0 Å². The van der Waals surface area contributed by atoms with Crippen LogP contribution in [0.15, 0.2) is 96.4 Å². The van der Waals surface area contributed by atoms with Gasteiger partial charge in [0.15, 0.2) is 11.5 Å². The zero-order chi connectivity index (χ0) is 37.4. The molecular formula is C40H41BrF3N3O4S. The molecule has 1 saturated heterocycles. The van der Waals surface area contributed by atoms with E-state index < -0.39 is 24.3 Å². The van der Waals surface area contributed by atoms with E-state index in [1.807, 2.05) is 68.8 Å². The summed E-state index contributed by atoms with van der Waals surface area (Å²) in [7, 11) is 7.86. The Kier molecular flexibility index (Phi) is 13.0. The van der Waals surface area contributed by atoms with Crippen LogP contribution in [0, 0.1) is 0 Å². The van der Waals surface area contributed by atoms with Crippen LogP contribution >= 0.6 is 27.7 Å². The molecule has 2 atom stereocenters. The Labute approximate surface area is 315 Å². The van der Waals surface area contributed by atoms with E-state index in [0.717, 1.165) is 23.4 Å². The zero-order valence-electron chi connectivity index (χ0n) is 29.4. The molecule has 1 heterocycles. The van der Waals surface area contributed by atoms with Gasteiger partial charge in [-0.1, -0.05) is 70.5 Å². The van der Waals surface area contributed by atoms with Crippen LogP contribution in [-0.4, -0.2) is 63.9 Å². The molecule has 0 spiro atoms. The standard InChI is InChI=1S/C40H41BrF3N3O4S/c1-45(2)32-16-9-28(10-17-32)24-27-7-14-31(15-8-27)38(41)52-23-21-30-13-20-34(51-39(49)47-22-5-6-36(47)40(42,43)44)35(25-30)50-37(48)26-29-11-18-33(19-12-29)46(3)4/h7-21,23,25,36,38H,5-6,22,24,26H2,1-4H3/b23-21+. The molecule has 0 bridgehead atoms. The fraction of sp³-hybridized carbons (Fsp3) is 0.300. The molecule has 1 aliphatic heterocycles. The van der Waals surface area contributed by atoms with Crippen molar-refractivity contribution in [2.45, 2.75) is 42.1 Å². The maximum Gasteiger partial charge on any atom is 0.415 e. The van der Waals surface area contributed by atoms with Gasteiger partial charge in [-0.25, -0.2) is 4.79 Å². The average molecular weight is 797 g/mol. The Morgan fingerprint density at radius 1 is 0.846 bits per heavy atom. The normalized spacial score (nSPS) is 15.1. The van der Waals surface area contributed by atoms with Crippen molar-refractivity contribution >= 4 is 57.2 Å². The van der Waals surface area contributed by atoms with Crippen molar-refractivity contribution in [3.63, 3.8) is 0 Å². The number of halogens is 4. The van der Waals surface area contributed by atoms with Crippen LogP contribution < -0.4 is 19.3 Å². The van der Waals surface area contributed by atoms with E-state index in [9.17, 15) is 22.8 Å². The topological polar surface area (TPSA) is 62.3 Å². The summed E-state index contributed by atoms with van der Waals surface area (Å²) in [6.07, 6.45) is -3.13. The van der Waals surface area contributed by atoms with Crippen LogP contribution in [-0.2, 0) is 17.6 Å². The van der Waals surface area contributed by atoms with E-state index in [2.05, 4.69) is 69.4 Å². The van der Waals surface area contributed by atoms with Gasteiger partial charge in [0.2, 0.25) is 0 Å². The lowest BCUT2D eigenvalue weighted by atomic mass is 10.0. The van der Waals surface area contributed by atoms with Gasteiger partial charge in [0, 0.05) is 46.1 Å². The lowest BCUT2D eigenvalue weighted by Gasteiger charge is -2.26. The lowest BCUT2D eigenvalue weighted by molar-refractivity contribution is -0.170. The average Bonchev–Trinajstić information content (AvgIpc) is 3.62. The number of carbonyl (C=O) groups excluding carboxylic acids is 2. The number of hydrogen-bond acceptors (Lipinski definition) is 7. The Balaban J connectivity index is 1.26. The Bertz CT molecular complexity index is 1850. The molecule has 1 aliphatic rings. The number of rotatable bonds is 12. The Morgan fingerprint density at radius 2 is 1.42 bits per heavy atom. The molecule has 4 aromatic carbocycles. The minimum atomic E-state index is -4.58. The van der Waals surface area contributed by atoms with Crippen molar-refractivity contribution in [3.05, 3.63) is 124 Å². The molecule has 7 nitrogen and oxygen atoms in total. The summed E-state index contributed by atoms with van der Waals surface area (Å²) in [6, 6.07) is 27.0. The van der Waals surface area contributed by atoms with E-state index in [-0.39, 0.29) is 41.5 Å². The summed E-state index contributed by atoms with van der Waals surface area (Å²) >= 11 is 5.26. The fourth-order valence-electron chi connectivity index (χ4n) is 5.71. The van der Waals surface area contributed by atoms with Gasteiger partial charge in [-0.2, -0.15) is 13.2 Å². The van der Waals surface area contributed by atoms with Gasteiger partial charge in [-0.3, -0.25) is 9.69 Å². The van der Waals surface area contributed by atoms with Gasteiger partial charge in [0.1, 0.15) is 6.04 Å². The van der Waals surface area contributed by atoms with E-state index >= 15 is 0 Å². The summed E-state index contributed by atoms with van der Waals surface area (Å²) < 4.78 is 51.8. The van der Waals surface area contributed by atoms with Crippen LogP contribution in [0.25, 0.3) is 6.08 Å². The molecule has 0 saturated carbocycles. The van der Waals surface area contributed by atoms with E-state index in [1.54, 1.807) is 6.07 Å². The number of alkyl halides is 4. The van der Waals surface area contributed by atoms with Gasteiger partial charge in [0.25, 0.3) is 0 Å². The van der Waals surface area contributed by atoms with Gasteiger partial charge in [-0.05, 0) is 95.0 Å². The van der Waals surface area contributed by atoms with Crippen molar-refractivity contribution in [3.8, 4) is 11.5 Å². The fourth-order valence-corrected chi connectivity index (χ4v) is 7.07. The quantitative estimate of drug-likeness (QED) is 0.0804. The molecule has 4 aromatic rings. The first-order valence-corrected chi connectivity index (χ1v) is 18.6. The van der Waals surface area contributed by atoms with Crippen LogP contribution in [0.5, 0.6) is 11.5 Å². The SMILES string of the molecule is CN(C)c1ccc(CC(=O)Oc2cc(/C=C/SC(Br)c3ccc(Cc4ccc(N(C)C)cc4)cc3)ccc2OC(=O)N2CCCC2C(F)(F)F)cc1. The molecule has 1 amide bonds. The van der Waals surface area contributed by atoms with Gasteiger partial charge in [-0.15, -0.1) is 11.8 Å². The Morgan fingerprint density at radius 3 is 2.00 bits per heavy atom. The van der Waals surface area contributed by atoms with Crippen molar-refractivity contribution in [2.75, 3.05) is 44.5 Å². The number of benzene rings is 4. The summed E-state index contributed by atoms with van der Waals surface area (Å²) in [4.78, 5) is 30.7. The van der Waals surface area contributed by atoms with Crippen LogP contribution in [0.1, 0.15) is 44.8 Å². The minimum Gasteiger partial charge on any atom is -0.422 e. The number of thioether (sulfide) groups is 1. The minimum absolute atomic E-state index is 0.0457. The third kappa shape index (κ3) is 10.6. The Hall–Kier alpha value is -4.42. The smallest absolute Gasteiger partial charge is 0.415 e. The highest BCUT2D eigenvalue weighted by Crippen LogP contribution is 2.38. The number of anilines is 2. The maximum absolute atomic E-state index is 13.6. The zero-order valence-corrected chi connectivity index (χ0v) is 31.8. The van der Waals surface area contributed by atoms with E-state index in [4.69, 9.17) is 9.47 Å². The molecule has 274 valence electrons. The molecule has 0 radical (unpaired) electrons. The summed E-state index contributed by atoms with van der Waals surface area (Å²) in [5.74, 6) is -0.833. The second-order valence-electron chi connectivity index (χ2n) is 12.9. The summed E-state index contributed by atoms with van der Waals surface area (Å²) in [5, 5.41) is 1.89. The lowest BCUT2D eigenvalue weighted by Crippen LogP contribution is -2.45. The largest absolute Gasteiger partial charge is 0.422 e. The highest BCUT2D eigenvalue weighted by atomic mass is 79.9. The number of hydrogen-bond donors (Lipinski definition) is 0. The second-order valence-corrected chi connectivity index (χ2v) is 15.5. The number of likely N-dealkylation sites (tertiary alicyclic amines) is 1. The molecule has 0 aliphatic carbocycles. The number of esters is 1. The van der Waals surface area contributed by atoms with E-state index in [0.29, 0.717) is 16.0 Å². The summed E-state index contributed by atoms with van der Waals surface area (Å²) in [6.45, 7) is -0.0829. The first-order chi connectivity index (χ1) is 24.8. The predicted octanol–water partition coefficient (Wildman–Crippen LogP) is 9.88. The number of nitrogens with zero attached hydrogens (tertiary/aromatic N) is 3. The molecular weight excluding hydrogens is 755 g/mol. The molecule has 52 heavy (non-hydrogen) atoms. The highest BCUT2D eigenvalue weighted by molar-refractivity contribution is 9.11. The second kappa shape index (κ2) is 17.4. The van der Waals surface area contributed by atoms with Gasteiger partial charge < -0.3 is 19.3 Å². The predicted molar refractivity (Wildman–Crippen MR) is 207 cm³/mol. The van der Waals surface area contributed by atoms with Crippen LogP contribution in [0.4, 0.5) is 29.3 Å². The summed E-state index contributed by atoms with van der Waals surface area (Å²) in [5.41, 5.74) is 6.98. The van der Waals surface area contributed by atoms with Gasteiger partial charge in [0.05, 0.1) is 10.6 Å². The molecule has 12 heteroatoms. The molecule has 0 N–H and O–H groups in total. The first-order valence-electron chi connectivity index (χ1n) is 16.7. The molecule has 2 unspecified atom stereocenters. The highest BCUT2D eigenvalue weighted by Gasteiger charge is 2.48. The van der Waals surface area contributed by atoms with Crippen molar-refractivity contribution < 1.29 is 32.2 Å². The number of ether oxygens (including phenoxy) is 2. The van der Waals surface area contributed by atoms with Crippen molar-refractivity contribution in [1.82, 2.24) is 4.90 Å². The molecule has 0 aromatic heterocycles. The molecule has 5 rings (SSSR count). The third-order valence-corrected chi connectivity index (χ3v) is 10.6. The van der Waals surface area contributed by atoms with Crippen LogP contribution in [0.3, 0.4) is 0 Å². The maximum atomic E-state index is 13.6. The first kappa shape index (κ1) is 38.8. The van der Waals surface area contributed by atoms with Crippen molar-refractivity contribution in [1.29, 1.82) is 0 Å². The monoisotopic (exact) mass is 795 g/mol. The third-order valence-electron chi connectivity index (χ3n) is 8.62. The van der Waals surface area contributed by atoms with Crippen LogP contribution in [0.2, 0.25) is 0 Å². The van der Waals surface area contributed by atoms with Gasteiger partial charge >= 0.3 is 18.2 Å². The van der Waals surface area contributed by atoms with Crippen molar-refractivity contribution in [2.24, 2.45) is 0 Å².